The number of H-pyrrole nitrogens is 1. The molecule has 2 aromatic rings. The molecule has 1 aromatic heterocycles. The van der Waals surface area contributed by atoms with Crippen molar-refractivity contribution in [3.63, 3.8) is 0 Å². The van der Waals surface area contributed by atoms with E-state index < -0.39 is 5.25 Å². The molecule has 1 unspecified atom stereocenters. The summed E-state index contributed by atoms with van der Waals surface area (Å²) in [5.74, 6) is -0.215. The second-order valence-corrected chi connectivity index (χ2v) is 6.49. The van der Waals surface area contributed by atoms with Gasteiger partial charge in [0.2, 0.25) is 5.91 Å². The number of rotatable bonds is 4. The Hall–Kier alpha value is -1.86. The average Bonchev–Trinajstić information content (AvgIpc) is 2.46. The minimum absolute atomic E-state index is 0.215. The lowest BCUT2D eigenvalue weighted by Gasteiger charge is -2.11. The Balaban J connectivity index is 2.03. The highest BCUT2D eigenvalue weighted by atomic mass is 35.5. The van der Waals surface area contributed by atoms with Gasteiger partial charge in [0.05, 0.1) is 5.25 Å². The zero-order valence-electron chi connectivity index (χ0n) is 12.3. The quantitative estimate of drug-likeness (QED) is 0.836. The van der Waals surface area contributed by atoms with Gasteiger partial charge in [-0.1, -0.05) is 29.4 Å². The summed E-state index contributed by atoms with van der Waals surface area (Å²) in [6.07, 6.45) is 0. The number of aromatic amines is 1. The van der Waals surface area contributed by atoms with Crippen LogP contribution >= 0.6 is 23.4 Å². The van der Waals surface area contributed by atoms with Gasteiger partial charge in [-0.25, -0.2) is 0 Å². The lowest BCUT2D eigenvalue weighted by atomic mass is 10.2. The highest BCUT2D eigenvalue weighted by molar-refractivity contribution is 8.00. The number of anilines is 1. The van der Waals surface area contributed by atoms with Gasteiger partial charge in [0.1, 0.15) is 5.69 Å². The van der Waals surface area contributed by atoms with Gasteiger partial charge in [-0.2, -0.15) is 0 Å². The van der Waals surface area contributed by atoms with Crippen LogP contribution in [0.3, 0.4) is 0 Å². The Morgan fingerprint density at radius 1 is 1.36 bits per heavy atom. The van der Waals surface area contributed by atoms with Crippen LogP contribution in [0.15, 0.2) is 28.2 Å². The van der Waals surface area contributed by atoms with Gasteiger partial charge in [-0.05, 0) is 38.5 Å². The molecule has 0 saturated carbocycles. The fraction of sp³-hybridized carbons (Fsp3) is 0.286. The predicted octanol–water partition coefficient (Wildman–Crippen LogP) is 2.55. The molecule has 0 fully saturated rings. The summed E-state index contributed by atoms with van der Waals surface area (Å²) >= 11 is 7.15. The SMILES string of the molecule is Cc1ccc(NC(=O)C(C)Sc2nnc(C)c(=O)[nH]2)cc1Cl. The number of nitrogens with one attached hydrogen (secondary N) is 2. The Morgan fingerprint density at radius 2 is 2.09 bits per heavy atom. The van der Waals surface area contributed by atoms with Gasteiger partial charge in [-0.3, -0.25) is 14.6 Å². The predicted molar refractivity (Wildman–Crippen MR) is 87.5 cm³/mol. The van der Waals surface area contributed by atoms with Crippen LogP contribution in [-0.2, 0) is 4.79 Å². The third-order valence-electron chi connectivity index (χ3n) is 2.94. The Morgan fingerprint density at radius 3 is 2.73 bits per heavy atom. The molecule has 1 heterocycles. The van der Waals surface area contributed by atoms with Gasteiger partial charge < -0.3 is 5.32 Å². The molecular weight excluding hydrogens is 324 g/mol. The minimum Gasteiger partial charge on any atom is -0.325 e. The smallest absolute Gasteiger partial charge is 0.273 e. The second-order valence-electron chi connectivity index (χ2n) is 4.76. The lowest BCUT2D eigenvalue weighted by Crippen LogP contribution is -2.23. The van der Waals surface area contributed by atoms with Crippen molar-refractivity contribution in [1.82, 2.24) is 15.2 Å². The summed E-state index contributed by atoms with van der Waals surface area (Å²) < 4.78 is 0. The van der Waals surface area contributed by atoms with Crippen molar-refractivity contribution in [3.05, 3.63) is 44.8 Å². The van der Waals surface area contributed by atoms with Crippen LogP contribution in [0.5, 0.6) is 0 Å². The Kier molecular flexibility index (Phi) is 5.20. The molecule has 8 heteroatoms. The van der Waals surface area contributed by atoms with E-state index in [0.29, 0.717) is 15.9 Å². The number of aromatic nitrogens is 3. The monoisotopic (exact) mass is 338 g/mol. The van der Waals surface area contributed by atoms with Crippen molar-refractivity contribution in [3.8, 4) is 0 Å². The summed E-state index contributed by atoms with van der Waals surface area (Å²) in [5.41, 5.74) is 1.54. The molecule has 0 aliphatic heterocycles. The molecule has 0 bridgehead atoms. The molecule has 2 rings (SSSR count). The van der Waals surface area contributed by atoms with E-state index >= 15 is 0 Å². The van der Waals surface area contributed by atoms with E-state index in [4.69, 9.17) is 11.6 Å². The normalized spacial score (nSPS) is 12.0. The number of hydrogen-bond donors (Lipinski definition) is 2. The van der Waals surface area contributed by atoms with Gasteiger partial charge in [0, 0.05) is 10.7 Å². The summed E-state index contributed by atoms with van der Waals surface area (Å²) in [4.78, 5) is 26.2. The van der Waals surface area contributed by atoms with Crippen molar-refractivity contribution in [2.75, 3.05) is 5.32 Å². The number of aryl methyl sites for hydroxylation is 2. The summed E-state index contributed by atoms with van der Waals surface area (Å²) in [6, 6.07) is 5.31. The van der Waals surface area contributed by atoms with E-state index in [1.54, 1.807) is 26.0 Å². The zero-order chi connectivity index (χ0) is 16.3. The molecule has 116 valence electrons. The number of thioether (sulfide) groups is 1. The molecule has 2 N–H and O–H groups in total. The second kappa shape index (κ2) is 6.93. The van der Waals surface area contributed by atoms with E-state index in [-0.39, 0.29) is 17.2 Å². The zero-order valence-corrected chi connectivity index (χ0v) is 13.9. The number of amides is 1. The number of carbonyl (C=O) groups excluding carboxylic acids is 1. The van der Waals surface area contributed by atoms with E-state index in [0.717, 1.165) is 17.3 Å². The van der Waals surface area contributed by atoms with E-state index in [9.17, 15) is 9.59 Å². The van der Waals surface area contributed by atoms with Crippen LogP contribution < -0.4 is 10.9 Å². The molecule has 0 aliphatic rings. The molecule has 0 aliphatic carbocycles. The first-order valence-corrected chi connectivity index (χ1v) is 7.80. The van der Waals surface area contributed by atoms with Gasteiger partial charge in [-0.15, -0.1) is 10.2 Å². The standard InChI is InChI=1S/C14H15ClN4O2S/c1-7-4-5-10(6-11(7)15)16-13(21)9(3)22-14-17-12(20)8(2)18-19-14/h4-6,9H,1-3H3,(H,16,21)(H,17,19,20). The van der Waals surface area contributed by atoms with Crippen LogP contribution in [0.25, 0.3) is 0 Å². The first kappa shape index (κ1) is 16.5. The number of nitrogens with zero attached hydrogens (tertiary/aromatic N) is 2. The average molecular weight is 339 g/mol. The number of benzene rings is 1. The molecule has 1 amide bonds. The number of halogens is 1. The Bertz CT molecular complexity index is 763. The van der Waals surface area contributed by atoms with E-state index in [2.05, 4.69) is 20.5 Å². The summed E-state index contributed by atoms with van der Waals surface area (Å²) in [6.45, 7) is 5.17. The maximum absolute atomic E-state index is 12.1. The largest absolute Gasteiger partial charge is 0.325 e. The molecule has 1 aromatic carbocycles. The molecule has 0 spiro atoms. The van der Waals surface area contributed by atoms with Crippen LogP contribution in [0.1, 0.15) is 18.2 Å². The van der Waals surface area contributed by atoms with Crippen molar-refractivity contribution in [2.24, 2.45) is 0 Å². The maximum atomic E-state index is 12.1. The number of hydrogen-bond acceptors (Lipinski definition) is 5. The minimum atomic E-state index is -0.451. The van der Waals surface area contributed by atoms with E-state index in [1.807, 2.05) is 13.0 Å². The molecular formula is C14H15ClN4O2S. The highest BCUT2D eigenvalue weighted by Gasteiger charge is 2.16. The maximum Gasteiger partial charge on any atom is 0.273 e. The number of carbonyl (C=O) groups is 1. The van der Waals surface area contributed by atoms with Gasteiger partial charge in [0.25, 0.3) is 5.56 Å². The van der Waals surface area contributed by atoms with Crippen LogP contribution in [0.2, 0.25) is 5.02 Å². The third kappa shape index (κ3) is 4.08. The van der Waals surface area contributed by atoms with Crippen molar-refractivity contribution in [1.29, 1.82) is 0 Å². The molecule has 6 nitrogen and oxygen atoms in total. The fourth-order valence-electron chi connectivity index (χ4n) is 1.57. The third-order valence-corrected chi connectivity index (χ3v) is 4.32. The van der Waals surface area contributed by atoms with Crippen molar-refractivity contribution >= 4 is 35.0 Å². The topological polar surface area (TPSA) is 87.7 Å². The van der Waals surface area contributed by atoms with Crippen LogP contribution in [-0.4, -0.2) is 26.3 Å². The summed E-state index contributed by atoms with van der Waals surface area (Å²) in [5, 5.41) is 10.8. The molecule has 1 atom stereocenters. The first-order chi connectivity index (χ1) is 10.4. The van der Waals surface area contributed by atoms with Gasteiger partial charge in [0.15, 0.2) is 5.16 Å². The first-order valence-electron chi connectivity index (χ1n) is 6.54. The molecule has 22 heavy (non-hydrogen) atoms. The van der Waals surface area contributed by atoms with Crippen molar-refractivity contribution in [2.45, 2.75) is 31.2 Å². The highest BCUT2D eigenvalue weighted by Crippen LogP contribution is 2.22. The fourth-order valence-corrected chi connectivity index (χ4v) is 2.49. The Labute approximate surface area is 136 Å². The summed E-state index contributed by atoms with van der Waals surface area (Å²) in [7, 11) is 0. The molecule has 0 saturated heterocycles. The van der Waals surface area contributed by atoms with E-state index in [1.165, 1.54) is 0 Å². The molecule has 0 radical (unpaired) electrons. The van der Waals surface area contributed by atoms with Gasteiger partial charge >= 0.3 is 0 Å². The van der Waals surface area contributed by atoms with Crippen LogP contribution in [0, 0.1) is 13.8 Å². The van der Waals surface area contributed by atoms with Crippen LogP contribution in [0.4, 0.5) is 5.69 Å². The van der Waals surface area contributed by atoms with Crippen molar-refractivity contribution < 1.29 is 4.79 Å². The lowest BCUT2D eigenvalue weighted by molar-refractivity contribution is -0.115.